The maximum absolute atomic E-state index is 12.4. The number of nitrogens with zero attached hydrogens (tertiary/aromatic N) is 4. The van der Waals surface area contributed by atoms with Gasteiger partial charge in [-0.05, 0) is 12.1 Å². The Balaban J connectivity index is 1.58. The van der Waals surface area contributed by atoms with Crippen LogP contribution in [0.5, 0.6) is 0 Å². The summed E-state index contributed by atoms with van der Waals surface area (Å²) in [6, 6.07) is 9.32. The molecule has 0 saturated heterocycles. The topological polar surface area (TPSA) is 102 Å². The van der Waals surface area contributed by atoms with Gasteiger partial charge in [-0.1, -0.05) is 23.3 Å². The largest absolute Gasteiger partial charge is 0.401 e. The molecular formula is C15H12N6O2. The molecule has 0 aliphatic carbocycles. The summed E-state index contributed by atoms with van der Waals surface area (Å²) in [5, 5.41) is 15.3. The van der Waals surface area contributed by atoms with Crippen LogP contribution in [0.4, 0.5) is 6.01 Å². The molecule has 0 radical (unpaired) electrons. The fourth-order valence-corrected chi connectivity index (χ4v) is 2.33. The number of aromatic nitrogens is 5. The van der Waals surface area contributed by atoms with Gasteiger partial charge < -0.3 is 9.40 Å². The first-order chi connectivity index (χ1) is 11.2. The van der Waals surface area contributed by atoms with Gasteiger partial charge in [0, 0.05) is 30.3 Å². The lowest BCUT2D eigenvalue weighted by molar-refractivity contribution is 0.102. The van der Waals surface area contributed by atoms with E-state index in [0.29, 0.717) is 11.3 Å². The lowest BCUT2D eigenvalue weighted by Gasteiger charge is -1.98. The Kier molecular flexibility index (Phi) is 2.94. The van der Waals surface area contributed by atoms with Crippen molar-refractivity contribution in [3.8, 4) is 11.6 Å². The lowest BCUT2D eigenvalue weighted by atomic mass is 10.2. The Morgan fingerprint density at radius 2 is 2.13 bits per heavy atom. The molecule has 0 saturated carbocycles. The number of carbonyl (C=O) groups excluding carboxylic acids is 1. The molecule has 0 atom stereocenters. The molecule has 1 amide bonds. The van der Waals surface area contributed by atoms with Crippen LogP contribution < -0.4 is 5.32 Å². The number of hydrogen-bond donors (Lipinski definition) is 2. The van der Waals surface area contributed by atoms with Crippen molar-refractivity contribution in [2.75, 3.05) is 5.32 Å². The number of fused-ring (bicyclic) bond motifs is 1. The molecule has 0 unspecified atom stereocenters. The number of amides is 1. The third kappa shape index (κ3) is 2.35. The molecule has 0 spiro atoms. The van der Waals surface area contributed by atoms with Crippen molar-refractivity contribution >= 4 is 22.8 Å². The van der Waals surface area contributed by atoms with Gasteiger partial charge in [0.15, 0.2) is 0 Å². The SMILES string of the molecule is Cn1ccc(-c2nnc(NC(=O)c3c[nH]c4ccccc34)o2)n1. The van der Waals surface area contributed by atoms with E-state index in [4.69, 9.17) is 4.42 Å². The summed E-state index contributed by atoms with van der Waals surface area (Å²) in [7, 11) is 1.79. The summed E-state index contributed by atoms with van der Waals surface area (Å²) in [5.41, 5.74) is 1.95. The molecule has 2 N–H and O–H groups in total. The van der Waals surface area contributed by atoms with Gasteiger partial charge in [0.2, 0.25) is 0 Å². The van der Waals surface area contributed by atoms with Crippen LogP contribution in [0, 0.1) is 0 Å². The number of nitrogens with one attached hydrogen (secondary N) is 2. The van der Waals surface area contributed by atoms with Gasteiger partial charge in [-0.15, -0.1) is 5.10 Å². The van der Waals surface area contributed by atoms with Crippen LogP contribution in [0.1, 0.15) is 10.4 Å². The number of carbonyl (C=O) groups is 1. The maximum Gasteiger partial charge on any atom is 0.322 e. The quantitative estimate of drug-likeness (QED) is 0.604. The van der Waals surface area contributed by atoms with Crippen LogP contribution in [0.3, 0.4) is 0 Å². The average molecular weight is 308 g/mol. The van der Waals surface area contributed by atoms with Crippen LogP contribution in [0.15, 0.2) is 47.1 Å². The first kappa shape index (κ1) is 13.3. The number of aryl methyl sites for hydroxylation is 1. The number of anilines is 1. The van der Waals surface area contributed by atoms with Crippen molar-refractivity contribution < 1.29 is 9.21 Å². The van der Waals surface area contributed by atoms with Crippen molar-refractivity contribution in [2.45, 2.75) is 0 Å². The Hall–Kier alpha value is -3.42. The zero-order chi connectivity index (χ0) is 15.8. The molecule has 8 heteroatoms. The molecule has 3 heterocycles. The Morgan fingerprint density at radius 1 is 1.26 bits per heavy atom. The Labute approximate surface area is 130 Å². The number of hydrogen-bond acceptors (Lipinski definition) is 5. The normalized spacial score (nSPS) is 11.0. The number of H-pyrrole nitrogens is 1. The van der Waals surface area contributed by atoms with E-state index >= 15 is 0 Å². The summed E-state index contributed by atoms with van der Waals surface area (Å²) in [5.74, 6) is -0.0708. The number of rotatable bonds is 3. The third-order valence-electron chi connectivity index (χ3n) is 3.41. The second-order valence-corrected chi connectivity index (χ2v) is 4.99. The molecule has 4 rings (SSSR count). The minimum absolute atomic E-state index is 0.0286. The highest BCUT2D eigenvalue weighted by Gasteiger charge is 2.16. The zero-order valence-electron chi connectivity index (χ0n) is 12.1. The summed E-state index contributed by atoms with van der Waals surface area (Å²) in [6.45, 7) is 0. The molecule has 1 aromatic carbocycles. The van der Waals surface area contributed by atoms with Crippen molar-refractivity contribution in [3.05, 3.63) is 48.3 Å². The van der Waals surface area contributed by atoms with E-state index in [1.807, 2.05) is 24.3 Å². The Morgan fingerprint density at radius 3 is 2.96 bits per heavy atom. The van der Waals surface area contributed by atoms with Crippen LogP contribution in [0.2, 0.25) is 0 Å². The van der Waals surface area contributed by atoms with E-state index in [9.17, 15) is 4.79 Å². The summed E-state index contributed by atoms with van der Waals surface area (Å²) in [6.07, 6.45) is 3.42. The smallest absolute Gasteiger partial charge is 0.322 e. The fourth-order valence-electron chi connectivity index (χ4n) is 2.33. The fraction of sp³-hybridized carbons (Fsp3) is 0.0667. The first-order valence-corrected chi connectivity index (χ1v) is 6.92. The predicted octanol–water partition coefficient (Wildman–Crippen LogP) is 2.20. The zero-order valence-corrected chi connectivity index (χ0v) is 12.1. The maximum atomic E-state index is 12.4. The second-order valence-electron chi connectivity index (χ2n) is 4.99. The van der Waals surface area contributed by atoms with Crippen LogP contribution in [0.25, 0.3) is 22.5 Å². The molecule has 0 fully saturated rings. The van der Waals surface area contributed by atoms with E-state index in [0.717, 1.165) is 10.9 Å². The van der Waals surface area contributed by atoms with Crippen LogP contribution >= 0.6 is 0 Å². The van der Waals surface area contributed by atoms with Gasteiger partial charge >= 0.3 is 6.01 Å². The highest BCUT2D eigenvalue weighted by molar-refractivity contribution is 6.12. The van der Waals surface area contributed by atoms with Gasteiger partial charge in [-0.3, -0.25) is 14.8 Å². The van der Waals surface area contributed by atoms with E-state index in [2.05, 4.69) is 25.6 Å². The van der Waals surface area contributed by atoms with Crippen molar-refractivity contribution in [1.29, 1.82) is 0 Å². The average Bonchev–Trinajstić information content (AvgIpc) is 3.25. The van der Waals surface area contributed by atoms with E-state index in [-0.39, 0.29) is 17.8 Å². The van der Waals surface area contributed by atoms with Gasteiger partial charge in [-0.2, -0.15) is 5.10 Å². The van der Waals surface area contributed by atoms with Gasteiger partial charge in [-0.25, -0.2) is 0 Å². The highest BCUT2D eigenvalue weighted by Crippen LogP contribution is 2.21. The summed E-state index contributed by atoms with van der Waals surface area (Å²) < 4.78 is 7.05. The minimum Gasteiger partial charge on any atom is -0.401 e. The van der Waals surface area contributed by atoms with E-state index in [1.54, 1.807) is 30.2 Å². The first-order valence-electron chi connectivity index (χ1n) is 6.92. The van der Waals surface area contributed by atoms with E-state index in [1.165, 1.54) is 0 Å². The molecular weight excluding hydrogens is 296 g/mol. The monoisotopic (exact) mass is 308 g/mol. The second kappa shape index (κ2) is 5.09. The van der Waals surface area contributed by atoms with Crippen molar-refractivity contribution in [2.24, 2.45) is 7.05 Å². The molecule has 23 heavy (non-hydrogen) atoms. The minimum atomic E-state index is -0.321. The van der Waals surface area contributed by atoms with Crippen LogP contribution in [-0.4, -0.2) is 30.9 Å². The molecule has 0 bridgehead atoms. The Bertz CT molecular complexity index is 996. The van der Waals surface area contributed by atoms with Gasteiger partial charge in [0.1, 0.15) is 5.69 Å². The van der Waals surface area contributed by atoms with Crippen molar-refractivity contribution in [1.82, 2.24) is 25.0 Å². The molecule has 0 aliphatic rings. The van der Waals surface area contributed by atoms with E-state index < -0.39 is 0 Å². The molecule has 0 aliphatic heterocycles. The third-order valence-corrected chi connectivity index (χ3v) is 3.41. The summed E-state index contributed by atoms with van der Waals surface area (Å²) >= 11 is 0. The predicted molar refractivity (Wildman–Crippen MR) is 82.8 cm³/mol. The molecule has 114 valence electrons. The number of aromatic amines is 1. The van der Waals surface area contributed by atoms with Crippen molar-refractivity contribution in [3.63, 3.8) is 0 Å². The number of benzene rings is 1. The molecule has 8 nitrogen and oxygen atoms in total. The number of para-hydroxylation sites is 1. The van der Waals surface area contributed by atoms with Crippen LogP contribution in [-0.2, 0) is 7.05 Å². The molecule has 3 aromatic heterocycles. The highest BCUT2D eigenvalue weighted by atomic mass is 16.4. The standard InChI is InChI=1S/C15H12N6O2/c1-21-7-6-12(20-21)14-18-19-15(23-14)17-13(22)10-8-16-11-5-3-2-4-9(10)11/h2-8,16H,1H3,(H,17,19,22). The van der Waals surface area contributed by atoms with Gasteiger partial charge in [0.05, 0.1) is 5.56 Å². The lowest BCUT2D eigenvalue weighted by Crippen LogP contribution is -2.11. The summed E-state index contributed by atoms with van der Waals surface area (Å²) in [4.78, 5) is 15.4. The molecule has 4 aromatic rings. The van der Waals surface area contributed by atoms with Gasteiger partial charge in [0.25, 0.3) is 11.8 Å².